The van der Waals surface area contributed by atoms with Gasteiger partial charge in [-0.2, -0.15) is 0 Å². The highest BCUT2D eigenvalue weighted by Gasteiger charge is 2.10. The average Bonchev–Trinajstić information content (AvgIpc) is 2.78. The van der Waals surface area contributed by atoms with E-state index in [1.54, 1.807) is 13.2 Å². The van der Waals surface area contributed by atoms with Gasteiger partial charge in [0.05, 0.1) is 0 Å². The van der Waals surface area contributed by atoms with Crippen LogP contribution in [0.15, 0.2) is 24.5 Å². The van der Waals surface area contributed by atoms with Crippen molar-refractivity contribution >= 4 is 16.9 Å². The summed E-state index contributed by atoms with van der Waals surface area (Å²) in [5.74, 6) is -0.0179. The molecule has 0 aliphatic carbocycles. The molecular formula is C14H20N4O. The molecule has 0 fully saturated rings. The summed E-state index contributed by atoms with van der Waals surface area (Å²) in [6, 6.07) is 3.97. The van der Waals surface area contributed by atoms with E-state index in [0.717, 1.165) is 30.5 Å². The standard InChI is InChI=1S/C14H20N4O/c1-3-6-16-8-11-9-18(10-13(19)15-2)14-12(11)5-4-7-17-14/h4-5,7,9,16H,3,6,8,10H2,1-2H3,(H,15,19). The summed E-state index contributed by atoms with van der Waals surface area (Å²) in [4.78, 5) is 15.9. The number of nitrogens with zero attached hydrogens (tertiary/aromatic N) is 2. The predicted octanol–water partition coefficient (Wildman–Crippen LogP) is 1.28. The number of likely N-dealkylation sites (N-methyl/N-ethyl adjacent to an activating group) is 1. The van der Waals surface area contributed by atoms with Crippen LogP contribution in [0, 0.1) is 0 Å². The van der Waals surface area contributed by atoms with Crippen LogP contribution in [0.1, 0.15) is 18.9 Å². The number of rotatable bonds is 6. The third kappa shape index (κ3) is 3.12. The molecule has 0 atom stereocenters. The first-order valence-electron chi connectivity index (χ1n) is 6.60. The maximum atomic E-state index is 11.5. The molecule has 19 heavy (non-hydrogen) atoms. The maximum absolute atomic E-state index is 11.5. The van der Waals surface area contributed by atoms with Crippen molar-refractivity contribution in [3.63, 3.8) is 0 Å². The van der Waals surface area contributed by atoms with Crippen molar-refractivity contribution in [1.82, 2.24) is 20.2 Å². The lowest BCUT2D eigenvalue weighted by atomic mass is 10.2. The zero-order chi connectivity index (χ0) is 13.7. The van der Waals surface area contributed by atoms with E-state index in [1.807, 2.05) is 22.9 Å². The lowest BCUT2D eigenvalue weighted by Crippen LogP contribution is -2.23. The third-order valence-electron chi connectivity index (χ3n) is 3.05. The van der Waals surface area contributed by atoms with Gasteiger partial charge < -0.3 is 15.2 Å². The molecule has 0 bridgehead atoms. The van der Waals surface area contributed by atoms with Crippen molar-refractivity contribution in [2.45, 2.75) is 26.4 Å². The second kappa shape index (κ2) is 6.33. The molecule has 102 valence electrons. The van der Waals surface area contributed by atoms with Crippen LogP contribution < -0.4 is 10.6 Å². The lowest BCUT2D eigenvalue weighted by Gasteiger charge is -2.02. The van der Waals surface area contributed by atoms with Crippen LogP contribution in [0.5, 0.6) is 0 Å². The van der Waals surface area contributed by atoms with Crippen molar-refractivity contribution in [3.8, 4) is 0 Å². The molecular weight excluding hydrogens is 240 g/mol. The summed E-state index contributed by atoms with van der Waals surface area (Å²) in [6.45, 7) is 4.24. The first kappa shape index (κ1) is 13.5. The Morgan fingerprint density at radius 3 is 3.05 bits per heavy atom. The molecule has 5 nitrogen and oxygen atoms in total. The Bertz CT molecular complexity index is 562. The fraction of sp³-hybridized carbons (Fsp3) is 0.429. The van der Waals surface area contributed by atoms with Crippen molar-refractivity contribution in [2.75, 3.05) is 13.6 Å². The van der Waals surface area contributed by atoms with Gasteiger partial charge in [0, 0.05) is 31.4 Å². The normalized spacial score (nSPS) is 10.8. The number of nitrogens with one attached hydrogen (secondary N) is 2. The fourth-order valence-corrected chi connectivity index (χ4v) is 2.09. The summed E-state index contributed by atoms with van der Waals surface area (Å²) >= 11 is 0. The molecule has 0 radical (unpaired) electrons. The van der Waals surface area contributed by atoms with Crippen LogP contribution in [0.2, 0.25) is 0 Å². The van der Waals surface area contributed by atoms with Crippen LogP contribution in [0.3, 0.4) is 0 Å². The molecule has 2 rings (SSSR count). The van der Waals surface area contributed by atoms with Gasteiger partial charge in [-0.3, -0.25) is 4.79 Å². The maximum Gasteiger partial charge on any atom is 0.239 e. The molecule has 2 aromatic heterocycles. The zero-order valence-corrected chi connectivity index (χ0v) is 11.4. The molecule has 0 aliphatic heterocycles. The summed E-state index contributed by atoms with van der Waals surface area (Å²) in [6.07, 6.45) is 4.87. The van der Waals surface area contributed by atoms with Gasteiger partial charge in [-0.05, 0) is 30.7 Å². The largest absolute Gasteiger partial charge is 0.358 e. The van der Waals surface area contributed by atoms with Gasteiger partial charge >= 0.3 is 0 Å². The van der Waals surface area contributed by atoms with Gasteiger partial charge in [-0.25, -0.2) is 4.98 Å². The van der Waals surface area contributed by atoms with Crippen molar-refractivity contribution in [1.29, 1.82) is 0 Å². The Hall–Kier alpha value is -1.88. The van der Waals surface area contributed by atoms with Crippen LogP contribution >= 0.6 is 0 Å². The fourth-order valence-electron chi connectivity index (χ4n) is 2.09. The Morgan fingerprint density at radius 1 is 1.47 bits per heavy atom. The monoisotopic (exact) mass is 260 g/mol. The molecule has 0 unspecified atom stereocenters. The molecule has 1 amide bonds. The third-order valence-corrected chi connectivity index (χ3v) is 3.05. The molecule has 2 heterocycles. The molecule has 2 N–H and O–H groups in total. The van der Waals surface area contributed by atoms with Crippen LogP contribution in [0.4, 0.5) is 0 Å². The van der Waals surface area contributed by atoms with E-state index in [1.165, 1.54) is 5.56 Å². The van der Waals surface area contributed by atoms with E-state index < -0.39 is 0 Å². The number of aromatic nitrogens is 2. The van der Waals surface area contributed by atoms with Crippen molar-refractivity contribution < 1.29 is 4.79 Å². The molecule has 0 aliphatic rings. The van der Waals surface area contributed by atoms with Crippen LogP contribution in [0.25, 0.3) is 11.0 Å². The van der Waals surface area contributed by atoms with E-state index in [9.17, 15) is 4.79 Å². The quantitative estimate of drug-likeness (QED) is 0.769. The molecule has 0 saturated carbocycles. The lowest BCUT2D eigenvalue weighted by molar-refractivity contribution is -0.121. The highest BCUT2D eigenvalue weighted by atomic mass is 16.1. The minimum atomic E-state index is -0.0179. The molecule has 0 saturated heterocycles. The number of carbonyl (C=O) groups is 1. The molecule has 0 spiro atoms. The van der Waals surface area contributed by atoms with Gasteiger partial charge in [-0.15, -0.1) is 0 Å². The van der Waals surface area contributed by atoms with Gasteiger partial charge in [0.25, 0.3) is 0 Å². The second-order valence-corrected chi connectivity index (χ2v) is 4.51. The summed E-state index contributed by atoms with van der Waals surface area (Å²) < 4.78 is 1.90. The predicted molar refractivity (Wildman–Crippen MR) is 75.8 cm³/mol. The first-order chi connectivity index (χ1) is 9.26. The topological polar surface area (TPSA) is 59.0 Å². The van der Waals surface area contributed by atoms with Gasteiger partial charge in [0.1, 0.15) is 12.2 Å². The van der Waals surface area contributed by atoms with E-state index in [-0.39, 0.29) is 5.91 Å². The summed E-state index contributed by atoms with van der Waals surface area (Å²) in [7, 11) is 1.64. The van der Waals surface area contributed by atoms with Crippen molar-refractivity contribution in [2.24, 2.45) is 0 Å². The Morgan fingerprint density at radius 2 is 2.32 bits per heavy atom. The minimum absolute atomic E-state index is 0.0179. The van der Waals surface area contributed by atoms with Crippen LogP contribution in [-0.4, -0.2) is 29.1 Å². The van der Waals surface area contributed by atoms with Gasteiger partial charge in [0.2, 0.25) is 5.91 Å². The summed E-state index contributed by atoms with van der Waals surface area (Å²) in [5.41, 5.74) is 2.04. The number of fused-ring (bicyclic) bond motifs is 1. The minimum Gasteiger partial charge on any atom is -0.358 e. The number of pyridine rings is 1. The highest BCUT2D eigenvalue weighted by molar-refractivity contribution is 5.83. The molecule has 2 aromatic rings. The summed E-state index contributed by atoms with van der Waals surface area (Å²) in [5, 5.41) is 7.13. The van der Waals surface area contributed by atoms with E-state index >= 15 is 0 Å². The zero-order valence-electron chi connectivity index (χ0n) is 11.4. The van der Waals surface area contributed by atoms with Gasteiger partial charge in [0.15, 0.2) is 0 Å². The molecule has 5 heteroatoms. The Labute approximate surface area is 113 Å². The molecule has 0 aromatic carbocycles. The SMILES string of the molecule is CCCNCc1cn(CC(=O)NC)c2ncccc12. The number of hydrogen-bond acceptors (Lipinski definition) is 3. The Balaban J connectivity index is 2.28. The smallest absolute Gasteiger partial charge is 0.239 e. The average molecular weight is 260 g/mol. The highest BCUT2D eigenvalue weighted by Crippen LogP contribution is 2.19. The number of amides is 1. The van der Waals surface area contributed by atoms with Crippen molar-refractivity contribution in [3.05, 3.63) is 30.1 Å². The number of hydrogen-bond donors (Lipinski definition) is 2. The van der Waals surface area contributed by atoms with E-state index in [4.69, 9.17) is 0 Å². The second-order valence-electron chi connectivity index (χ2n) is 4.51. The van der Waals surface area contributed by atoms with E-state index in [0.29, 0.717) is 6.54 Å². The first-order valence-corrected chi connectivity index (χ1v) is 6.60. The van der Waals surface area contributed by atoms with Gasteiger partial charge in [-0.1, -0.05) is 6.92 Å². The van der Waals surface area contributed by atoms with E-state index in [2.05, 4.69) is 22.5 Å². The van der Waals surface area contributed by atoms with Crippen LogP contribution in [-0.2, 0) is 17.9 Å². The Kier molecular flexibility index (Phi) is 4.52. The number of carbonyl (C=O) groups excluding carboxylic acids is 1.